The van der Waals surface area contributed by atoms with Crippen LogP contribution in [0.2, 0.25) is 0 Å². The van der Waals surface area contributed by atoms with Gasteiger partial charge in [-0.05, 0) is 62.8 Å². The molecule has 1 aromatic heterocycles. The van der Waals surface area contributed by atoms with Gasteiger partial charge in [0.05, 0.1) is 0 Å². The van der Waals surface area contributed by atoms with Crippen LogP contribution in [0.25, 0.3) is 0 Å². The molecular formula is C23H36N2O2S. The number of amides is 1. The van der Waals surface area contributed by atoms with Crippen molar-refractivity contribution in [2.24, 2.45) is 0 Å². The van der Waals surface area contributed by atoms with Crippen molar-refractivity contribution in [3.63, 3.8) is 0 Å². The average Bonchev–Trinajstić information content (AvgIpc) is 2.66. The fourth-order valence-corrected chi connectivity index (χ4v) is 2.61. The van der Waals surface area contributed by atoms with E-state index in [1.54, 1.807) is 25.3 Å². The number of hydrogen-bond acceptors (Lipinski definition) is 4. The Balaban J connectivity index is 0. The van der Waals surface area contributed by atoms with Gasteiger partial charge in [-0.25, -0.2) is 4.98 Å². The van der Waals surface area contributed by atoms with E-state index in [9.17, 15) is 9.90 Å². The maximum Gasteiger partial charge on any atom is 0.257 e. The Bertz CT molecular complexity index is 743. The van der Waals surface area contributed by atoms with Gasteiger partial charge >= 0.3 is 0 Å². The number of carbonyl (C=O) groups excluding carboxylic acids is 1. The van der Waals surface area contributed by atoms with Gasteiger partial charge in [-0.1, -0.05) is 46.4 Å². The standard InChI is InChI=1S/C15H16N2O2S.C5H10.C2H6.CH4/c1-9-5-4-6-16-14(9)17-15(19)11-8-13(20-3)12(18)7-10(11)2;1-3-5-4-2;1-2;/h4-8,18H,1-3H3,(H,16,17,19);3,5H,4H2,1-2H3;1-2H3;1H4/b;5-3+;;. The first kappa shape index (κ1) is 27.9. The summed E-state index contributed by atoms with van der Waals surface area (Å²) < 4.78 is 0. The molecule has 0 radical (unpaired) electrons. The van der Waals surface area contributed by atoms with Crippen molar-refractivity contribution in [1.82, 2.24) is 4.98 Å². The molecule has 1 amide bonds. The maximum absolute atomic E-state index is 12.3. The van der Waals surface area contributed by atoms with Gasteiger partial charge in [-0.15, -0.1) is 11.8 Å². The smallest absolute Gasteiger partial charge is 0.257 e. The molecule has 1 heterocycles. The van der Waals surface area contributed by atoms with E-state index in [2.05, 4.69) is 29.4 Å². The first-order chi connectivity index (χ1) is 12.9. The number of pyridine rings is 1. The number of phenolic OH excluding ortho intramolecular Hbond substituents is 1. The molecule has 0 saturated heterocycles. The monoisotopic (exact) mass is 404 g/mol. The topological polar surface area (TPSA) is 62.2 Å². The minimum atomic E-state index is -0.223. The summed E-state index contributed by atoms with van der Waals surface area (Å²) in [4.78, 5) is 17.2. The fraction of sp³-hybridized carbons (Fsp3) is 0.391. The highest BCUT2D eigenvalue weighted by Crippen LogP contribution is 2.30. The van der Waals surface area contributed by atoms with Crippen LogP contribution in [-0.4, -0.2) is 22.3 Å². The molecule has 2 N–H and O–H groups in total. The van der Waals surface area contributed by atoms with Crippen LogP contribution in [0, 0.1) is 13.8 Å². The Morgan fingerprint density at radius 2 is 1.89 bits per heavy atom. The van der Waals surface area contributed by atoms with Crippen LogP contribution in [-0.2, 0) is 0 Å². The number of aryl methyl sites for hydroxylation is 2. The highest BCUT2D eigenvalue weighted by molar-refractivity contribution is 7.98. The second-order valence-electron chi connectivity index (χ2n) is 5.44. The van der Waals surface area contributed by atoms with Crippen molar-refractivity contribution in [1.29, 1.82) is 0 Å². The van der Waals surface area contributed by atoms with Crippen LogP contribution in [0.4, 0.5) is 5.82 Å². The fourth-order valence-electron chi connectivity index (χ4n) is 2.11. The zero-order valence-corrected chi connectivity index (χ0v) is 18.3. The van der Waals surface area contributed by atoms with Crippen molar-refractivity contribution in [2.75, 3.05) is 11.6 Å². The van der Waals surface area contributed by atoms with Crippen LogP contribution in [0.1, 0.15) is 63.0 Å². The van der Waals surface area contributed by atoms with E-state index in [1.807, 2.05) is 46.1 Å². The van der Waals surface area contributed by atoms with Crippen LogP contribution < -0.4 is 5.32 Å². The molecule has 0 spiro atoms. The molecule has 0 fully saturated rings. The highest BCUT2D eigenvalue weighted by Gasteiger charge is 2.14. The summed E-state index contributed by atoms with van der Waals surface area (Å²) in [6, 6.07) is 7.01. The van der Waals surface area contributed by atoms with Crippen molar-refractivity contribution < 1.29 is 9.90 Å². The summed E-state index contributed by atoms with van der Waals surface area (Å²) >= 11 is 1.40. The Hall–Kier alpha value is -2.27. The van der Waals surface area contributed by atoms with Crippen molar-refractivity contribution in [3.8, 4) is 5.75 Å². The van der Waals surface area contributed by atoms with E-state index in [0.717, 1.165) is 17.5 Å². The molecular weight excluding hydrogens is 368 g/mol. The van der Waals surface area contributed by atoms with E-state index in [0.29, 0.717) is 16.3 Å². The number of phenols is 1. The summed E-state index contributed by atoms with van der Waals surface area (Å²) in [6.45, 7) is 11.8. The SMILES string of the molecule is C.C/C=C/CC.CC.CSc1cc(C(=O)Nc2ncccc2C)c(C)cc1O. The van der Waals surface area contributed by atoms with Crippen LogP contribution in [0.3, 0.4) is 0 Å². The van der Waals surface area contributed by atoms with E-state index < -0.39 is 0 Å². The van der Waals surface area contributed by atoms with Gasteiger partial charge in [0.2, 0.25) is 0 Å². The lowest BCUT2D eigenvalue weighted by molar-refractivity contribution is 0.102. The minimum absolute atomic E-state index is 0. The van der Waals surface area contributed by atoms with Gasteiger partial charge in [-0.3, -0.25) is 4.79 Å². The molecule has 2 rings (SSSR count). The normalized spacial score (nSPS) is 9.39. The Morgan fingerprint density at radius 1 is 1.25 bits per heavy atom. The Morgan fingerprint density at radius 3 is 2.36 bits per heavy atom. The number of aromatic nitrogens is 1. The third kappa shape index (κ3) is 9.09. The minimum Gasteiger partial charge on any atom is -0.507 e. The lowest BCUT2D eigenvalue weighted by Gasteiger charge is -2.11. The number of nitrogens with one attached hydrogen (secondary N) is 1. The van der Waals surface area contributed by atoms with E-state index >= 15 is 0 Å². The summed E-state index contributed by atoms with van der Waals surface area (Å²) in [5.74, 6) is 0.524. The number of rotatable bonds is 4. The number of anilines is 1. The van der Waals surface area contributed by atoms with Crippen LogP contribution in [0.5, 0.6) is 5.75 Å². The predicted molar refractivity (Wildman–Crippen MR) is 125 cm³/mol. The second kappa shape index (κ2) is 15.8. The van der Waals surface area contributed by atoms with Gasteiger partial charge < -0.3 is 10.4 Å². The second-order valence-corrected chi connectivity index (χ2v) is 6.29. The molecule has 4 nitrogen and oxygen atoms in total. The van der Waals surface area contributed by atoms with Crippen molar-refractivity contribution >= 4 is 23.5 Å². The zero-order chi connectivity index (χ0) is 20.8. The molecule has 0 unspecified atom stereocenters. The average molecular weight is 405 g/mol. The quantitative estimate of drug-likeness (QED) is 0.425. The summed E-state index contributed by atoms with van der Waals surface area (Å²) in [6.07, 6.45) is 8.84. The number of hydrogen-bond donors (Lipinski definition) is 2. The molecule has 5 heteroatoms. The molecule has 0 aliphatic rings. The molecule has 1 aromatic carbocycles. The number of benzene rings is 1. The molecule has 0 aliphatic heterocycles. The number of nitrogens with zero attached hydrogens (tertiary/aromatic N) is 1. The van der Waals surface area contributed by atoms with Crippen molar-refractivity contribution in [3.05, 3.63) is 59.3 Å². The number of thioether (sulfide) groups is 1. The molecule has 0 bridgehead atoms. The molecule has 2 aromatic rings. The van der Waals surface area contributed by atoms with Gasteiger partial charge in [0, 0.05) is 16.7 Å². The predicted octanol–water partition coefficient (Wildman–Crippen LogP) is 7.01. The molecule has 0 atom stereocenters. The van der Waals surface area contributed by atoms with E-state index in [4.69, 9.17) is 0 Å². The first-order valence-corrected chi connectivity index (χ1v) is 10.4. The van der Waals surface area contributed by atoms with Crippen LogP contribution in [0.15, 0.2) is 47.5 Å². The van der Waals surface area contributed by atoms with Gasteiger partial charge in [-0.2, -0.15) is 0 Å². The summed E-state index contributed by atoms with van der Waals surface area (Å²) in [5.41, 5.74) is 2.17. The molecule has 0 aliphatic carbocycles. The number of carbonyl (C=O) groups is 1. The lowest BCUT2D eigenvalue weighted by Crippen LogP contribution is -2.15. The lowest BCUT2D eigenvalue weighted by atomic mass is 10.1. The first-order valence-electron chi connectivity index (χ1n) is 9.16. The van der Waals surface area contributed by atoms with Gasteiger partial charge in [0.25, 0.3) is 5.91 Å². The van der Waals surface area contributed by atoms with E-state index in [1.165, 1.54) is 11.8 Å². The molecule has 28 heavy (non-hydrogen) atoms. The Kier molecular flexibility index (Phi) is 15.7. The summed E-state index contributed by atoms with van der Waals surface area (Å²) in [7, 11) is 0. The van der Waals surface area contributed by atoms with Crippen LogP contribution >= 0.6 is 11.8 Å². The van der Waals surface area contributed by atoms with E-state index in [-0.39, 0.29) is 19.1 Å². The molecule has 156 valence electrons. The molecule has 0 saturated carbocycles. The Labute approximate surface area is 175 Å². The largest absolute Gasteiger partial charge is 0.507 e. The summed E-state index contributed by atoms with van der Waals surface area (Å²) in [5, 5.41) is 12.6. The van der Waals surface area contributed by atoms with Crippen molar-refractivity contribution in [2.45, 2.75) is 60.3 Å². The van der Waals surface area contributed by atoms with Gasteiger partial charge in [0.1, 0.15) is 11.6 Å². The zero-order valence-electron chi connectivity index (χ0n) is 17.5. The third-order valence-corrected chi connectivity index (χ3v) is 4.25. The van der Waals surface area contributed by atoms with Gasteiger partial charge in [0.15, 0.2) is 0 Å². The maximum atomic E-state index is 12.3. The third-order valence-electron chi connectivity index (χ3n) is 3.48. The number of allylic oxidation sites excluding steroid dienone is 2. The number of aromatic hydroxyl groups is 1. The highest BCUT2D eigenvalue weighted by atomic mass is 32.2.